The van der Waals surface area contributed by atoms with E-state index in [9.17, 15) is 9.18 Å². The number of thioether (sulfide) groups is 1. The first kappa shape index (κ1) is 21.8. The van der Waals surface area contributed by atoms with E-state index in [1.165, 1.54) is 23.9 Å². The molecule has 30 heavy (non-hydrogen) atoms. The molecule has 0 saturated heterocycles. The number of carbonyl (C=O) groups excluding carboxylic acids is 1. The van der Waals surface area contributed by atoms with Crippen LogP contribution < -0.4 is 5.32 Å². The molecule has 156 valence electrons. The molecule has 5 nitrogen and oxygen atoms in total. The minimum atomic E-state index is -0.308. The fourth-order valence-electron chi connectivity index (χ4n) is 3.08. The molecular formula is C23H25FN4OS. The molecule has 0 saturated carbocycles. The summed E-state index contributed by atoms with van der Waals surface area (Å²) < 4.78 is 15.1. The Labute approximate surface area is 180 Å². The smallest absolute Gasteiger partial charge is 0.234 e. The molecule has 0 aliphatic carbocycles. The second kappa shape index (κ2) is 10.2. The van der Waals surface area contributed by atoms with Gasteiger partial charge < -0.3 is 5.32 Å². The topological polar surface area (TPSA) is 59.8 Å². The largest absolute Gasteiger partial charge is 0.325 e. The third-order valence-corrected chi connectivity index (χ3v) is 5.81. The minimum absolute atomic E-state index is 0.104. The molecule has 0 fully saturated rings. The lowest BCUT2D eigenvalue weighted by molar-refractivity contribution is -0.113. The maximum absolute atomic E-state index is 13.2. The van der Waals surface area contributed by atoms with Gasteiger partial charge in [-0.1, -0.05) is 49.9 Å². The molecule has 0 radical (unpaired) electrons. The number of nitrogens with zero attached hydrogens (tertiary/aromatic N) is 3. The SMILES string of the molecule is C=CCn1c(SCC(=O)Nc2ccccc2[C@@H](C)CC)nnc1-c1ccc(F)cc1. The van der Waals surface area contributed by atoms with Crippen molar-refractivity contribution in [3.8, 4) is 11.4 Å². The fourth-order valence-corrected chi connectivity index (χ4v) is 3.83. The summed E-state index contributed by atoms with van der Waals surface area (Å²) >= 11 is 1.31. The first-order chi connectivity index (χ1) is 14.5. The Morgan fingerprint density at radius 1 is 1.23 bits per heavy atom. The van der Waals surface area contributed by atoms with Crippen LogP contribution in [0.15, 0.2) is 66.3 Å². The lowest BCUT2D eigenvalue weighted by Gasteiger charge is -2.15. The molecule has 1 aromatic heterocycles. The fraction of sp³-hybridized carbons (Fsp3) is 0.261. The first-order valence-corrected chi connectivity index (χ1v) is 10.8. The van der Waals surface area contributed by atoms with Gasteiger partial charge in [0.1, 0.15) is 5.82 Å². The molecule has 1 atom stereocenters. The van der Waals surface area contributed by atoms with Crippen molar-refractivity contribution in [1.82, 2.24) is 14.8 Å². The number of anilines is 1. The van der Waals surface area contributed by atoms with Crippen LogP contribution in [0, 0.1) is 5.82 Å². The number of hydrogen-bond donors (Lipinski definition) is 1. The average molecular weight is 425 g/mol. The molecule has 0 bridgehead atoms. The minimum Gasteiger partial charge on any atom is -0.325 e. The first-order valence-electron chi connectivity index (χ1n) is 9.85. The normalized spacial score (nSPS) is 11.8. The van der Waals surface area contributed by atoms with E-state index >= 15 is 0 Å². The van der Waals surface area contributed by atoms with Gasteiger partial charge in [-0.3, -0.25) is 9.36 Å². The summed E-state index contributed by atoms with van der Waals surface area (Å²) in [6.07, 6.45) is 2.74. The highest BCUT2D eigenvalue weighted by atomic mass is 32.2. The number of allylic oxidation sites excluding steroid dienone is 1. The van der Waals surface area contributed by atoms with E-state index in [-0.39, 0.29) is 17.5 Å². The molecule has 7 heteroatoms. The Balaban J connectivity index is 1.72. The number of nitrogens with one attached hydrogen (secondary N) is 1. The number of aromatic nitrogens is 3. The quantitative estimate of drug-likeness (QED) is 0.363. The maximum Gasteiger partial charge on any atom is 0.234 e. The highest BCUT2D eigenvalue weighted by molar-refractivity contribution is 7.99. The number of hydrogen-bond acceptors (Lipinski definition) is 4. The molecule has 3 rings (SSSR count). The number of halogens is 1. The van der Waals surface area contributed by atoms with Gasteiger partial charge in [-0.15, -0.1) is 16.8 Å². The number of rotatable bonds is 9. The van der Waals surface area contributed by atoms with Crippen molar-refractivity contribution in [2.75, 3.05) is 11.1 Å². The van der Waals surface area contributed by atoms with E-state index < -0.39 is 0 Å². The predicted molar refractivity (Wildman–Crippen MR) is 120 cm³/mol. The zero-order valence-electron chi connectivity index (χ0n) is 17.1. The Hall–Kier alpha value is -2.93. The molecule has 1 amide bonds. The molecule has 1 heterocycles. The standard InChI is InChI=1S/C23H25FN4OS/c1-4-14-28-22(17-10-12-18(24)13-11-17)26-27-23(28)30-15-21(29)25-20-9-7-6-8-19(20)16(3)5-2/h4,6-13,16H,1,5,14-15H2,2-3H3,(H,25,29)/t16-/m0/s1. The molecule has 0 unspecified atom stereocenters. The molecule has 0 aliphatic rings. The van der Waals surface area contributed by atoms with Gasteiger partial charge in [-0.05, 0) is 48.2 Å². The van der Waals surface area contributed by atoms with Gasteiger partial charge in [0.15, 0.2) is 11.0 Å². The summed E-state index contributed by atoms with van der Waals surface area (Å²) in [5.41, 5.74) is 2.73. The summed E-state index contributed by atoms with van der Waals surface area (Å²) in [7, 11) is 0. The lowest BCUT2D eigenvalue weighted by atomic mass is 9.97. The predicted octanol–water partition coefficient (Wildman–Crippen LogP) is 5.51. The van der Waals surface area contributed by atoms with Crippen molar-refractivity contribution in [2.45, 2.75) is 37.9 Å². The van der Waals surface area contributed by atoms with Crippen molar-refractivity contribution in [2.24, 2.45) is 0 Å². The van der Waals surface area contributed by atoms with E-state index in [1.807, 2.05) is 28.8 Å². The number of para-hydroxylation sites is 1. The highest BCUT2D eigenvalue weighted by Gasteiger charge is 2.16. The van der Waals surface area contributed by atoms with Crippen LogP contribution in [0.3, 0.4) is 0 Å². The summed E-state index contributed by atoms with van der Waals surface area (Å²) in [4.78, 5) is 12.6. The van der Waals surface area contributed by atoms with Crippen molar-refractivity contribution in [3.63, 3.8) is 0 Å². The summed E-state index contributed by atoms with van der Waals surface area (Å²) in [6.45, 7) is 8.55. The van der Waals surface area contributed by atoms with E-state index in [1.54, 1.807) is 18.2 Å². The molecule has 0 aliphatic heterocycles. The Bertz CT molecular complexity index is 1020. The number of benzene rings is 2. The van der Waals surface area contributed by atoms with E-state index in [4.69, 9.17) is 0 Å². The van der Waals surface area contributed by atoms with Gasteiger partial charge in [0, 0.05) is 17.8 Å². The van der Waals surface area contributed by atoms with Gasteiger partial charge in [-0.25, -0.2) is 4.39 Å². The zero-order chi connectivity index (χ0) is 21.5. The van der Waals surface area contributed by atoms with Crippen molar-refractivity contribution in [1.29, 1.82) is 0 Å². The second-order valence-corrected chi connectivity index (χ2v) is 7.89. The third kappa shape index (κ3) is 5.16. The van der Waals surface area contributed by atoms with Crippen molar-refractivity contribution >= 4 is 23.4 Å². The van der Waals surface area contributed by atoms with Crippen LogP contribution in [-0.2, 0) is 11.3 Å². The van der Waals surface area contributed by atoms with E-state index in [0.717, 1.165) is 23.2 Å². The molecule has 3 aromatic rings. The lowest BCUT2D eigenvalue weighted by Crippen LogP contribution is -2.16. The Kier molecular flexibility index (Phi) is 7.41. The summed E-state index contributed by atoms with van der Waals surface area (Å²) in [5.74, 6) is 0.765. The van der Waals surface area contributed by atoms with Crippen LogP contribution in [0.25, 0.3) is 11.4 Å². The van der Waals surface area contributed by atoms with Gasteiger partial charge in [-0.2, -0.15) is 0 Å². The van der Waals surface area contributed by atoms with E-state index in [0.29, 0.717) is 23.4 Å². The Morgan fingerprint density at radius 3 is 2.67 bits per heavy atom. The highest BCUT2D eigenvalue weighted by Crippen LogP contribution is 2.28. The summed E-state index contributed by atoms with van der Waals surface area (Å²) in [5, 5.41) is 12.1. The molecule has 0 spiro atoms. The number of carbonyl (C=O) groups is 1. The second-order valence-electron chi connectivity index (χ2n) is 6.95. The monoisotopic (exact) mass is 424 g/mol. The molecule has 2 aromatic carbocycles. The van der Waals surface area contributed by atoms with Crippen LogP contribution in [0.2, 0.25) is 0 Å². The van der Waals surface area contributed by atoms with Gasteiger partial charge in [0.2, 0.25) is 5.91 Å². The van der Waals surface area contributed by atoms with Crippen LogP contribution in [0.5, 0.6) is 0 Å². The Morgan fingerprint density at radius 2 is 1.97 bits per heavy atom. The maximum atomic E-state index is 13.2. The van der Waals surface area contributed by atoms with Crippen LogP contribution >= 0.6 is 11.8 Å². The zero-order valence-corrected chi connectivity index (χ0v) is 18.0. The molecule has 1 N–H and O–H groups in total. The molecular weight excluding hydrogens is 399 g/mol. The van der Waals surface area contributed by atoms with Crippen LogP contribution in [0.1, 0.15) is 31.7 Å². The average Bonchev–Trinajstić information content (AvgIpc) is 3.15. The number of amides is 1. The van der Waals surface area contributed by atoms with Crippen molar-refractivity contribution < 1.29 is 9.18 Å². The van der Waals surface area contributed by atoms with Crippen LogP contribution in [-0.4, -0.2) is 26.4 Å². The van der Waals surface area contributed by atoms with Gasteiger partial charge in [0.25, 0.3) is 0 Å². The van der Waals surface area contributed by atoms with E-state index in [2.05, 4.69) is 35.9 Å². The van der Waals surface area contributed by atoms with Gasteiger partial charge in [0.05, 0.1) is 5.75 Å². The van der Waals surface area contributed by atoms with Crippen molar-refractivity contribution in [3.05, 3.63) is 72.6 Å². The third-order valence-electron chi connectivity index (χ3n) is 4.84. The van der Waals surface area contributed by atoms with Crippen LogP contribution in [0.4, 0.5) is 10.1 Å². The summed E-state index contributed by atoms with van der Waals surface area (Å²) in [6, 6.07) is 14.0. The van der Waals surface area contributed by atoms with Gasteiger partial charge >= 0.3 is 0 Å².